The van der Waals surface area contributed by atoms with E-state index in [-0.39, 0.29) is 43.1 Å². The predicted octanol–water partition coefficient (Wildman–Crippen LogP) is 12.0. The molecule has 0 saturated carbocycles. The number of carbonyl (C=O) groups is 4. The summed E-state index contributed by atoms with van der Waals surface area (Å²) in [6.45, 7) is 25.8. The molecule has 0 bridgehead atoms. The lowest BCUT2D eigenvalue weighted by atomic mass is 9.92. The average Bonchev–Trinajstić information content (AvgIpc) is 3.18. The van der Waals surface area contributed by atoms with E-state index in [0.717, 1.165) is 50.5 Å². The SMILES string of the molecule is C.C=CC(/C=C/CC)CC(=O)OC.C=CC(C)/C(=C\CCC)CC(=O)OC.C=CC(C)/C(C)=C(\CCCC)CC(=O)OC.CC/C=C/C=C/CC(=O)OC. The van der Waals surface area contributed by atoms with E-state index in [1.165, 1.54) is 39.6 Å². The Bertz CT molecular complexity index is 1170. The highest BCUT2D eigenvalue weighted by molar-refractivity contribution is 5.73. The summed E-state index contributed by atoms with van der Waals surface area (Å²) in [6, 6.07) is 0. The van der Waals surface area contributed by atoms with Crippen molar-refractivity contribution in [2.24, 2.45) is 17.8 Å². The molecule has 310 valence electrons. The summed E-state index contributed by atoms with van der Waals surface area (Å²) >= 11 is 0. The number of ether oxygens (including phenoxy) is 4. The van der Waals surface area contributed by atoms with Gasteiger partial charge in [-0.3, -0.25) is 19.2 Å². The highest BCUT2D eigenvalue weighted by Gasteiger charge is 2.12. The second kappa shape index (κ2) is 43.2. The summed E-state index contributed by atoms with van der Waals surface area (Å²) in [5.41, 5.74) is 3.57. The molecule has 3 unspecified atom stereocenters. The van der Waals surface area contributed by atoms with Gasteiger partial charge in [-0.15, -0.1) is 19.7 Å². The third-order valence-electron chi connectivity index (χ3n) is 7.90. The van der Waals surface area contributed by atoms with Crippen LogP contribution in [-0.2, 0) is 38.1 Å². The van der Waals surface area contributed by atoms with Crippen molar-refractivity contribution in [3.8, 4) is 0 Å². The molecule has 0 aliphatic heterocycles. The van der Waals surface area contributed by atoms with Gasteiger partial charge < -0.3 is 18.9 Å². The smallest absolute Gasteiger partial charge is 0.309 e. The molecule has 8 nitrogen and oxygen atoms in total. The van der Waals surface area contributed by atoms with Crippen molar-refractivity contribution in [3.63, 3.8) is 0 Å². The first-order valence-corrected chi connectivity index (χ1v) is 18.8. The van der Waals surface area contributed by atoms with Crippen LogP contribution in [-0.4, -0.2) is 52.3 Å². The Labute approximate surface area is 331 Å². The fourth-order valence-corrected chi connectivity index (χ4v) is 4.06. The first-order chi connectivity index (χ1) is 25.3. The van der Waals surface area contributed by atoms with E-state index in [4.69, 9.17) is 4.74 Å². The van der Waals surface area contributed by atoms with Gasteiger partial charge in [0.2, 0.25) is 0 Å². The Hall–Kier alpha value is -4.20. The van der Waals surface area contributed by atoms with E-state index < -0.39 is 0 Å². The number of methoxy groups -OCH3 is 4. The number of hydrogen-bond donors (Lipinski definition) is 0. The molecule has 0 amide bonds. The van der Waals surface area contributed by atoms with Gasteiger partial charge in [0.05, 0.1) is 54.1 Å². The summed E-state index contributed by atoms with van der Waals surface area (Å²) in [7, 11) is 5.63. The van der Waals surface area contributed by atoms with Gasteiger partial charge in [-0.25, -0.2) is 0 Å². The Morgan fingerprint density at radius 2 is 1.17 bits per heavy atom. The van der Waals surface area contributed by atoms with Crippen LogP contribution in [0.25, 0.3) is 0 Å². The molecule has 0 aromatic carbocycles. The van der Waals surface area contributed by atoms with Gasteiger partial charge in [0, 0.05) is 5.92 Å². The van der Waals surface area contributed by atoms with Crippen molar-refractivity contribution >= 4 is 23.9 Å². The van der Waals surface area contributed by atoms with Crippen molar-refractivity contribution in [2.45, 2.75) is 127 Å². The van der Waals surface area contributed by atoms with Crippen molar-refractivity contribution in [3.05, 3.63) is 97.2 Å². The Morgan fingerprint density at radius 3 is 1.61 bits per heavy atom. The normalized spacial score (nSPS) is 12.8. The van der Waals surface area contributed by atoms with Gasteiger partial charge in [0.1, 0.15) is 0 Å². The highest BCUT2D eigenvalue weighted by Crippen LogP contribution is 2.23. The summed E-state index contributed by atoms with van der Waals surface area (Å²) in [5, 5.41) is 0. The second-order valence-electron chi connectivity index (χ2n) is 12.1. The van der Waals surface area contributed by atoms with Gasteiger partial charge in [-0.05, 0) is 50.9 Å². The molecule has 0 spiro atoms. The molecular formula is C46H78O8. The summed E-state index contributed by atoms with van der Waals surface area (Å²) in [4.78, 5) is 43.8. The molecule has 0 aliphatic carbocycles. The van der Waals surface area contributed by atoms with Crippen LogP contribution >= 0.6 is 0 Å². The average molecular weight is 759 g/mol. The Morgan fingerprint density at radius 1 is 0.648 bits per heavy atom. The van der Waals surface area contributed by atoms with Gasteiger partial charge in [0.15, 0.2) is 0 Å². The topological polar surface area (TPSA) is 105 Å². The van der Waals surface area contributed by atoms with E-state index in [0.29, 0.717) is 31.6 Å². The van der Waals surface area contributed by atoms with E-state index in [1.807, 2.05) is 49.5 Å². The summed E-state index contributed by atoms with van der Waals surface area (Å²) in [6.07, 6.45) is 28.1. The number of unbranched alkanes of at least 4 members (excludes halogenated alkanes) is 2. The van der Waals surface area contributed by atoms with E-state index in [9.17, 15) is 19.2 Å². The first kappa shape index (κ1) is 59.1. The highest BCUT2D eigenvalue weighted by atomic mass is 16.5. The van der Waals surface area contributed by atoms with Crippen molar-refractivity contribution in [2.75, 3.05) is 28.4 Å². The molecule has 0 N–H and O–H groups in total. The van der Waals surface area contributed by atoms with Gasteiger partial charge in [-0.2, -0.15) is 0 Å². The molecule has 0 heterocycles. The lowest BCUT2D eigenvalue weighted by molar-refractivity contribution is -0.141. The molecule has 0 aromatic heterocycles. The first-order valence-electron chi connectivity index (χ1n) is 18.8. The molecule has 0 fully saturated rings. The summed E-state index contributed by atoms with van der Waals surface area (Å²) in [5.74, 6) is -0.0378. The maximum Gasteiger partial charge on any atom is 0.309 e. The van der Waals surface area contributed by atoms with Gasteiger partial charge >= 0.3 is 23.9 Å². The molecule has 8 heteroatoms. The summed E-state index contributed by atoms with van der Waals surface area (Å²) < 4.78 is 18.4. The number of carbonyl (C=O) groups excluding carboxylic acids is 4. The lowest BCUT2D eigenvalue weighted by Gasteiger charge is -2.14. The van der Waals surface area contributed by atoms with Crippen LogP contribution in [0.2, 0.25) is 0 Å². The van der Waals surface area contributed by atoms with E-state index >= 15 is 0 Å². The maximum atomic E-state index is 11.3. The van der Waals surface area contributed by atoms with Crippen molar-refractivity contribution in [1.29, 1.82) is 0 Å². The van der Waals surface area contributed by atoms with Crippen molar-refractivity contribution < 1.29 is 38.1 Å². The number of hydrogen-bond acceptors (Lipinski definition) is 8. The third kappa shape index (κ3) is 37.6. The van der Waals surface area contributed by atoms with Crippen LogP contribution in [0.4, 0.5) is 0 Å². The molecule has 0 saturated heterocycles. The van der Waals surface area contributed by atoms with Crippen LogP contribution in [0.5, 0.6) is 0 Å². The molecule has 0 radical (unpaired) electrons. The molecule has 54 heavy (non-hydrogen) atoms. The van der Waals surface area contributed by atoms with Gasteiger partial charge in [-0.1, -0.05) is 139 Å². The molecule has 0 aromatic rings. The zero-order valence-electron chi connectivity index (χ0n) is 35.2. The predicted molar refractivity (Wildman–Crippen MR) is 229 cm³/mol. The zero-order valence-corrected chi connectivity index (χ0v) is 35.2. The van der Waals surface area contributed by atoms with E-state index in [1.54, 1.807) is 12.2 Å². The molecule has 0 rings (SSSR count). The second-order valence-corrected chi connectivity index (χ2v) is 12.1. The number of allylic oxidation sites excluding steroid dienone is 10. The zero-order chi connectivity index (χ0) is 41.5. The standard InChI is InChI=1S/C14H24O2.C12H20O2.C10H16O2.C9H14O2.CH4/c1-6-8-9-13(10-14(15)16-5)12(4)11(3)7-2;1-5-7-8-11(10(3)6-2)9-12(13)14-4;1-4-6-7-9(5-2)8-10(11)12-3;1-3-4-5-6-7-8-9(10)11-2;/h7,11H,2,6,8-10H2,1,3-5H3;6,8,10H,2,5,7,9H2,1,3-4H3;5-7,9H,2,4,8H2,1,3H3;4-7H,3,8H2,1-2H3;1H4/b13-12+;11-8-;7-6+;5-4+,7-6+;. The monoisotopic (exact) mass is 759 g/mol. The van der Waals surface area contributed by atoms with Gasteiger partial charge in [0.25, 0.3) is 0 Å². The Balaban J connectivity index is -0.000000198. The van der Waals surface area contributed by atoms with Crippen LogP contribution in [0.15, 0.2) is 97.2 Å². The van der Waals surface area contributed by atoms with Crippen LogP contribution in [0.3, 0.4) is 0 Å². The van der Waals surface area contributed by atoms with Crippen LogP contribution in [0, 0.1) is 17.8 Å². The quantitative estimate of drug-likeness (QED) is 0.0465. The molecule has 0 aliphatic rings. The minimum Gasteiger partial charge on any atom is -0.469 e. The number of esters is 4. The number of rotatable bonds is 22. The maximum absolute atomic E-state index is 11.3. The minimum absolute atomic E-state index is 0. The van der Waals surface area contributed by atoms with Crippen LogP contribution < -0.4 is 0 Å². The van der Waals surface area contributed by atoms with Crippen LogP contribution in [0.1, 0.15) is 127 Å². The Kier molecular flexibility index (Phi) is 47.3. The largest absolute Gasteiger partial charge is 0.469 e. The minimum atomic E-state index is -0.203. The third-order valence-corrected chi connectivity index (χ3v) is 7.90. The fourth-order valence-electron chi connectivity index (χ4n) is 4.06. The lowest BCUT2D eigenvalue weighted by Crippen LogP contribution is -2.06. The molecule has 3 atom stereocenters. The molecular weight excluding hydrogens is 680 g/mol. The van der Waals surface area contributed by atoms with Crippen molar-refractivity contribution in [1.82, 2.24) is 0 Å². The fraction of sp³-hybridized carbons (Fsp3) is 0.565. The van der Waals surface area contributed by atoms with E-state index in [2.05, 4.69) is 81.6 Å².